The average Bonchev–Trinajstić information content (AvgIpc) is 3.31. The van der Waals surface area contributed by atoms with E-state index in [2.05, 4.69) is 15.2 Å². The molecule has 1 atom stereocenters. The van der Waals surface area contributed by atoms with E-state index in [1.807, 2.05) is 0 Å². The number of Topliss-reactive ketones (excluding diaryl/α,β-unsaturated/α-hetero) is 1. The highest BCUT2D eigenvalue weighted by Gasteiger charge is 2.41. The number of benzene rings is 3. The minimum atomic E-state index is -4.48. The number of hydrogen-bond donors (Lipinski definition) is 0. The number of imide groups is 1. The van der Waals surface area contributed by atoms with E-state index in [1.165, 1.54) is 49.7 Å². The van der Waals surface area contributed by atoms with Gasteiger partial charge in [-0.2, -0.15) is 18.3 Å². The van der Waals surface area contributed by atoms with Crippen molar-refractivity contribution in [3.63, 3.8) is 0 Å². The van der Waals surface area contributed by atoms with Gasteiger partial charge >= 0.3 is 12.1 Å². The SMILES string of the molecule is COc1ccc(C(=O)COC(=O)c2ccc(N3C(=O)CC(Sc4nncc(-c5ccc(C(F)(F)F)cc5)n4)C3=O)cc2)cc1. The van der Waals surface area contributed by atoms with Gasteiger partial charge < -0.3 is 9.47 Å². The standard InChI is InChI=1S/C30H21F3N4O6S/c1-42-22-12-6-18(7-13-22)24(38)16-43-28(41)19-4-10-21(11-5-19)37-26(39)14-25(27(37)40)44-29-35-23(15-34-36-29)17-2-8-20(9-3-17)30(31,32)33/h2-13,15,25H,14,16H2,1H3. The number of alkyl halides is 3. The number of aromatic nitrogens is 3. The summed E-state index contributed by atoms with van der Waals surface area (Å²) in [6.45, 7) is -0.480. The Morgan fingerprint density at radius 3 is 2.25 bits per heavy atom. The fourth-order valence-corrected chi connectivity index (χ4v) is 5.15. The van der Waals surface area contributed by atoms with E-state index >= 15 is 0 Å². The Bertz CT molecular complexity index is 1720. The maximum atomic E-state index is 13.1. The highest BCUT2D eigenvalue weighted by atomic mass is 32.2. The summed E-state index contributed by atoms with van der Waals surface area (Å²) in [4.78, 5) is 56.0. The van der Waals surface area contributed by atoms with E-state index in [0.29, 0.717) is 16.9 Å². The molecule has 1 fully saturated rings. The Morgan fingerprint density at radius 1 is 0.955 bits per heavy atom. The summed E-state index contributed by atoms with van der Waals surface area (Å²) in [7, 11) is 1.50. The molecule has 0 saturated carbocycles. The van der Waals surface area contributed by atoms with E-state index in [9.17, 15) is 32.3 Å². The summed E-state index contributed by atoms with van der Waals surface area (Å²) >= 11 is 0.905. The van der Waals surface area contributed by atoms with Gasteiger partial charge in [-0.3, -0.25) is 14.4 Å². The number of rotatable bonds is 9. The lowest BCUT2D eigenvalue weighted by molar-refractivity contribution is -0.137. The zero-order valence-electron chi connectivity index (χ0n) is 22.8. The number of hydrogen-bond acceptors (Lipinski definition) is 10. The Kier molecular flexibility index (Phi) is 8.71. The van der Waals surface area contributed by atoms with Crippen molar-refractivity contribution >= 4 is 41.0 Å². The van der Waals surface area contributed by atoms with Crippen molar-refractivity contribution in [3.8, 4) is 17.0 Å². The van der Waals surface area contributed by atoms with Crippen LogP contribution in [0.25, 0.3) is 11.3 Å². The molecule has 44 heavy (non-hydrogen) atoms. The molecule has 1 unspecified atom stereocenters. The van der Waals surface area contributed by atoms with Crippen molar-refractivity contribution in [2.75, 3.05) is 18.6 Å². The zero-order chi connectivity index (χ0) is 31.4. The summed E-state index contributed by atoms with van der Waals surface area (Å²) < 4.78 is 48.8. The number of nitrogens with zero attached hydrogens (tertiary/aromatic N) is 4. The Labute approximate surface area is 252 Å². The van der Waals surface area contributed by atoms with Crippen LogP contribution in [0, 0.1) is 0 Å². The number of carbonyl (C=O) groups is 4. The fourth-order valence-electron chi connectivity index (χ4n) is 4.22. The second kappa shape index (κ2) is 12.6. The maximum Gasteiger partial charge on any atom is 0.416 e. The van der Waals surface area contributed by atoms with Crippen molar-refractivity contribution in [3.05, 3.63) is 95.7 Å². The molecule has 0 bridgehead atoms. The minimum absolute atomic E-state index is 0.0673. The zero-order valence-corrected chi connectivity index (χ0v) is 23.6. The van der Waals surface area contributed by atoms with Gasteiger partial charge in [0.25, 0.3) is 0 Å². The Balaban J connectivity index is 1.20. The molecule has 4 aromatic rings. The lowest BCUT2D eigenvalue weighted by Crippen LogP contribution is -2.31. The molecule has 224 valence electrons. The van der Waals surface area contributed by atoms with Crippen LogP contribution in [0.3, 0.4) is 0 Å². The van der Waals surface area contributed by atoms with Crippen LogP contribution in [0.5, 0.6) is 5.75 Å². The molecule has 0 N–H and O–H groups in total. The molecule has 0 radical (unpaired) electrons. The third kappa shape index (κ3) is 6.75. The number of methoxy groups -OCH3 is 1. The molecule has 0 aliphatic carbocycles. The Morgan fingerprint density at radius 2 is 1.61 bits per heavy atom. The number of thioether (sulfide) groups is 1. The van der Waals surface area contributed by atoms with Crippen LogP contribution in [0.1, 0.15) is 32.7 Å². The number of halogens is 3. The lowest BCUT2D eigenvalue weighted by atomic mass is 10.1. The predicted octanol–water partition coefficient (Wildman–Crippen LogP) is 5.03. The smallest absolute Gasteiger partial charge is 0.416 e. The van der Waals surface area contributed by atoms with Crippen LogP contribution in [-0.2, 0) is 20.5 Å². The minimum Gasteiger partial charge on any atom is -0.497 e. The van der Waals surface area contributed by atoms with Crippen molar-refractivity contribution < 1.29 is 41.8 Å². The first-order valence-corrected chi connectivity index (χ1v) is 13.8. The normalized spacial score (nSPS) is 14.9. The highest BCUT2D eigenvalue weighted by molar-refractivity contribution is 8.00. The average molecular weight is 623 g/mol. The molecule has 10 nitrogen and oxygen atoms in total. The van der Waals surface area contributed by atoms with E-state index in [0.717, 1.165) is 28.8 Å². The van der Waals surface area contributed by atoms with Gasteiger partial charge in [-0.05, 0) is 60.7 Å². The van der Waals surface area contributed by atoms with Crippen molar-refractivity contribution in [2.24, 2.45) is 0 Å². The molecule has 1 saturated heterocycles. The summed E-state index contributed by atoms with van der Waals surface area (Å²) in [5, 5.41) is 6.92. The number of ketones is 1. The quantitative estimate of drug-likeness (QED) is 0.142. The molecule has 14 heteroatoms. The third-order valence-corrected chi connectivity index (χ3v) is 7.54. The number of amides is 2. The number of ether oxygens (including phenoxy) is 2. The molecular weight excluding hydrogens is 601 g/mol. The molecule has 5 rings (SSSR count). The summed E-state index contributed by atoms with van der Waals surface area (Å²) in [6, 6.07) is 16.3. The van der Waals surface area contributed by atoms with Crippen LogP contribution in [0.15, 0.2) is 84.1 Å². The molecule has 3 aromatic carbocycles. The molecule has 0 spiro atoms. The van der Waals surface area contributed by atoms with Crippen LogP contribution in [-0.4, -0.2) is 57.7 Å². The lowest BCUT2D eigenvalue weighted by Gasteiger charge is -2.15. The number of carbonyl (C=O) groups excluding carboxylic acids is 4. The number of anilines is 1. The molecule has 1 aliphatic heterocycles. The largest absolute Gasteiger partial charge is 0.497 e. The van der Waals surface area contributed by atoms with Gasteiger partial charge in [0.2, 0.25) is 17.0 Å². The monoisotopic (exact) mass is 622 g/mol. The first-order valence-electron chi connectivity index (χ1n) is 12.9. The van der Waals surface area contributed by atoms with E-state index in [-0.39, 0.29) is 28.5 Å². The van der Waals surface area contributed by atoms with Crippen molar-refractivity contribution in [1.29, 1.82) is 0 Å². The predicted molar refractivity (Wildman–Crippen MR) is 151 cm³/mol. The maximum absolute atomic E-state index is 13.1. The highest BCUT2D eigenvalue weighted by Crippen LogP contribution is 2.34. The van der Waals surface area contributed by atoms with Crippen molar-refractivity contribution in [2.45, 2.75) is 23.0 Å². The van der Waals surface area contributed by atoms with Gasteiger partial charge in [0.05, 0.1) is 35.8 Å². The molecule has 1 aliphatic rings. The summed E-state index contributed by atoms with van der Waals surface area (Å²) in [6.07, 6.45) is -3.36. The Hall–Kier alpha value is -5.11. The van der Waals surface area contributed by atoms with Gasteiger partial charge in [-0.25, -0.2) is 14.7 Å². The molecule has 2 heterocycles. The fraction of sp³-hybridized carbons (Fsp3) is 0.167. The number of esters is 1. The van der Waals surface area contributed by atoms with E-state index in [4.69, 9.17) is 9.47 Å². The summed E-state index contributed by atoms with van der Waals surface area (Å²) in [5.41, 5.74) is 0.497. The topological polar surface area (TPSA) is 129 Å². The van der Waals surface area contributed by atoms with Crippen LogP contribution in [0.2, 0.25) is 0 Å². The third-order valence-electron chi connectivity index (χ3n) is 6.51. The van der Waals surface area contributed by atoms with Gasteiger partial charge in [0.15, 0.2) is 12.4 Å². The molecule has 1 aromatic heterocycles. The van der Waals surface area contributed by atoms with Gasteiger partial charge in [-0.15, -0.1) is 5.10 Å². The summed E-state index contributed by atoms with van der Waals surface area (Å²) in [5.74, 6) is -1.61. The molecular formula is C30H21F3N4O6S. The second-order valence-electron chi connectivity index (χ2n) is 9.35. The van der Waals surface area contributed by atoms with Gasteiger partial charge in [-0.1, -0.05) is 23.9 Å². The van der Waals surface area contributed by atoms with E-state index in [1.54, 1.807) is 24.3 Å². The van der Waals surface area contributed by atoms with Gasteiger partial charge in [0.1, 0.15) is 11.0 Å². The van der Waals surface area contributed by atoms with Crippen molar-refractivity contribution in [1.82, 2.24) is 15.2 Å². The van der Waals surface area contributed by atoms with Crippen LogP contribution < -0.4 is 9.64 Å². The van der Waals surface area contributed by atoms with Gasteiger partial charge in [0, 0.05) is 17.5 Å². The molecule has 2 amide bonds. The second-order valence-corrected chi connectivity index (χ2v) is 10.5. The van der Waals surface area contributed by atoms with E-state index < -0.39 is 47.2 Å². The van der Waals surface area contributed by atoms with Crippen LogP contribution in [0.4, 0.5) is 18.9 Å². The first kappa shape index (κ1) is 30.4. The van der Waals surface area contributed by atoms with Crippen LogP contribution >= 0.6 is 11.8 Å². The first-order chi connectivity index (χ1) is 21.0.